The van der Waals surface area contributed by atoms with E-state index in [1.807, 2.05) is 43.8 Å². The molecule has 0 N–H and O–H groups in total. The van der Waals surface area contributed by atoms with Crippen LogP contribution in [0.4, 0.5) is 0 Å². The summed E-state index contributed by atoms with van der Waals surface area (Å²) in [6, 6.07) is 3.95. The molecular formula is C20H35N3O4. The molecule has 0 aliphatic carbocycles. The highest BCUT2D eigenvalue weighted by Gasteiger charge is 2.21. The Balaban J connectivity index is 2.75. The molecule has 0 bridgehead atoms. The first-order valence-electron chi connectivity index (χ1n) is 9.75. The molecule has 0 unspecified atom stereocenters. The number of carbonyl (C=O) groups is 2. The lowest BCUT2D eigenvalue weighted by Crippen LogP contribution is -2.44. The summed E-state index contributed by atoms with van der Waals surface area (Å²) in [5.41, 5.74) is 1.04. The fraction of sp³-hybridized carbons (Fsp3) is 0.700. The molecule has 0 saturated carbocycles. The van der Waals surface area contributed by atoms with Crippen molar-refractivity contribution in [1.82, 2.24) is 14.4 Å². The molecule has 0 radical (unpaired) electrons. The molecular weight excluding hydrogens is 346 g/mol. The lowest BCUT2D eigenvalue weighted by molar-refractivity contribution is -0.141. The number of methoxy groups -OCH3 is 1. The third-order valence-corrected chi connectivity index (χ3v) is 4.39. The van der Waals surface area contributed by atoms with Crippen molar-refractivity contribution in [3.63, 3.8) is 0 Å². The van der Waals surface area contributed by atoms with E-state index in [9.17, 15) is 9.59 Å². The van der Waals surface area contributed by atoms with Crippen molar-refractivity contribution in [3.8, 4) is 0 Å². The average Bonchev–Trinajstić information content (AvgIpc) is 3.05. The maximum atomic E-state index is 12.9. The lowest BCUT2D eigenvalue weighted by Gasteiger charge is -2.28. The van der Waals surface area contributed by atoms with Crippen LogP contribution in [0.5, 0.6) is 0 Å². The molecule has 7 nitrogen and oxygen atoms in total. The molecule has 0 atom stereocenters. The van der Waals surface area contributed by atoms with E-state index in [4.69, 9.17) is 9.47 Å². The molecule has 0 fully saturated rings. The van der Waals surface area contributed by atoms with Crippen LogP contribution in [-0.4, -0.2) is 72.7 Å². The molecule has 1 aromatic rings. The Kier molecular flexibility index (Phi) is 11.4. The normalized spacial score (nSPS) is 10.8. The predicted molar refractivity (Wildman–Crippen MR) is 105 cm³/mol. The van der Waals surface area contributed by atoms with Crippen molar-refractivity contribution >= 4 is 11.8 Å². The zero-order chi connectivity index (χ0) is 20.1. The van der Waals surface area contributed by atoms with E-state index in [1.54, 1.807) is 16.9 Å². The number of hydrogen-bond donors (Lipinski definition) is 0. The Bertz CT molecular complexity index is 559. The minimum Gasteiger partial charge on any atom is -0.383 e. The van der Waals surface area contributed by atoms with Crippen molar-refractivity contribution in [2.45, 2.75) is 39.7 Å². The standard InChI is InChI=1S/C20H35N3O4/c1-5-9-19(24)22(12-8-14-27-6-2)17-20(25)23(13-15-26-4)16-18-10-7-11-21(18)3/h7,10-11H,5-6,8-9,12-17H2,1-4H3. The van der Waals surface area contributed by atoms with Gasteiger partial charge in [-0.15, -0.1) is 0 Å². The van der Waals surface area contributed by atoms with Gasteiger partial charge in [0, 0.05) is 58.8 Å². The predicted octanol–water partition coefficient (Wildman–Crippen LogP) is 2.06. The van der Waals surface area contributed by atoms with Gasteiger partial charge in [0.2, 0.25) is 11.8 Å². The highest BCUT2D eigenvalue weighted by molar-refractivity contribution is 5.84. The Morgan fingerprint density at radius 1 is 1.11 bits per heavy atom. The van der Waals surface area contributed by atoms with Crippen LogP contribution in [0.3, 0.4) is 0 Å². The van der Waals surface area contributed by atoms with Gasteiger partial charge in [0.05, 0.1) is 19.7 Å². The molecule has 2 amide bonds. The summed E-state index contributed by atoms with van der Waals surface area (Å²) in [4.78, 5) is 28.8. The van der Waals surface area contributed by atoms with Crippen molar-refractivity contribution in [2.24, 2.45) is 7.05 Å². The van der Waals surface area contributed by atoms with Crippen LogP contribution >= 0.6 is 0 Å². The van der Waals surface area contributed by atoms with E-state index in [1.165, 1.54) is 0 Å². The fourth-order valence-electron chi connectivity index (χ4n) is 2.78. The summed E-state index contributed by atoms with van der Waals surface area (Å²) in [5, 5.41) is 0. The smallest absolute Gasteiger partial charge is 0.242 e. The Morgan fingerprint density at radius 2 is 1.89 bits per heavy atom. The van der Waals surface area contributed by atoms with E-state index in [0.717, 1.165) is 18.5 Å². The van der Waals surface area contributed by atoms with Gasteiger partial charge in [0.15, 0.2) is 0 Å². The van der Waals surface area contributed by atoms with Crippen molar-refractivity contribution in [1.29, 1.82) is 0 Å². The number of ether oxygens (including phenoxy) is 2. The number of hydrogen-bond acceptors (Lipinski definition) is 4. The van der Waals surface area contributed by atoms with Gasteiger partial charge >= 0.3 is 0 Å². The lowest BCUT2D eigenvalue weighted by atomic mass is 10.2. The summed E-state index contributed by atoms with van der Waals surface area (Å²) < 4.78 is 12.5. The second-order valence-corrected chi connectivity index (χ2v) is 6.53. The third kappa shape index (κ3) is 8.58. The van der Waals surface area contributed by atoms with Gasteiger partial charge < -0.3 is 23.8 Å². The fourth-order valence-corrected chi connectivity index (χ4v) is 2.78. The molecule has 0 saturated heterocycles. The maximum Gasteiger partial charge on any atom is 0.242 e. The van der Waals surface area contributed by atoms with Crippen molar-refractivity contribution in [3.05, 3.63) is 24.0 Å². The number of rotatable bonds is 14. The van der Waals surface area contributed by atoms with Gasteiger partial charge in [-0.25, -0.2) is 0 Å². The van der Waals surface area contributed by atoms with Crippen molar-refractivity contribution in [2.75, 3.05) is 46.6 Å². The van der Waals surface area contributed by atoms with Crippen LogP contribution < -0.4 is 0 Å². The topological polar surface area (TPSA) is 64.0 Å². The van der Waals surface area contributed by atoms with Gasteiger partial charge in [-0.05, 0) is 31.9 Å². The summed E-state index contributed by atoms with van der Waals surface area (Å²) in [5.74, 6) is -0.0398. The van der Waals surface area contributed by atoms with E-state index in [-0.39, 0.29) is 18.4 Å². The zero-order valence-corrected chi connectivity index (χ0v) is 17.3. The summed E-state index contributed by atoms with van der Waals surface area (Å²) in [6.07, 6.45) is 3.91. The minimum absolute atomic E-state index is 0.0212. The van der Waals surface area contributed by atoms with Crippen LogP contribution in [0.25, 0.3) is 0 Å². The highest BCUT2D eigenvalue weighted by atomic mass is 16.5. The van der Waals surface area contributed by atoms with E-state index >= 15 is 0 Å². The number of aromatic nitrogens is 1. The van der Waals surface area contributed by atoms with E-state index < -0.39 is 0 Å². The second-order valence-electron chi connectivity index (χ2n) is 6.53. The Labute approximate surface area is 163 Å². The molecule has 1 aromatic heterocycles. The molecule has 0 aliphatic rings. The molecule has 154 valence electrons. The van der Waals surface area contributed by atoms with Gasteiger partial charge in [0.25, 0.3) is 0 Å². The first kappa shape index (κ1) is 23.2. The number of aryl methyl sites for hydroxylation is 1. The molecule has 1 heterocycles. The molecule has 1 rings (SSSR count). The van der Waals surface area contributed by atoms with Gasteiger partial charge in [-0.1, -0.05) is 6.92 Å². The number of nitrogens with zero attached hydrogens (tertiary/aromatic N) is 3. The molecule has 7 heteroatoms. The monoisotopic (exact) mass is 381 g/mol. The van der Waals surface area contributed by atoms with Crippen LogP contribution in [0.2, 0.25) is 0 Å². The highest BCUT2D eigenvalue weighted by Crippen LogP contribution is 2.08. The first-order valence-corrected chi connectivity index (χ1v) is 9.75. The van der Waals surface area contributed by atoms with Crippen molar-refractivity contribution < 1.29 is 19.1 Å². The third-order valence-electron chi connectivity index (χ3n) is 4.39. The van der Waals surface area contributed by atoms with Gasteiger partial charge in [-0.3, -0.25) is 9.59 Å². The molecule has 0 aliphatic heterocycles. The summed E-state index contributed by atoms with van der Waals surface area (Å²) in [6.45, 7) is 7.25. The summed E-state index contributed by atoms with van der Waals surface area (Å²) in [7, 11) is 3.58. The first-order chi connectivity index (χ1) is 13.0. The SMILES string of the molecule is CCCC(=O)N(CCCOCC)CC(=O)N(CCOC)Cc1cccn1C. The van der Waals surface area contributed by atoms with Crippen LogP contribution in [0, 0.1) is 0 Å². The van der Waals surface area contributed by atoms with E-state index in [2.05, 4.69) is 0 Å². The summed E-state index contributed by atoms with van der Waals surface area (Å²) >= 11 is 0. The largest absolute Gasteiger partial charge is 0.383 e. The van der Waals surface area contributed by atoms with E-state index in [0.29, 0.717) is 45.9 Å². The molecule has 27 heavy (non-hydrogen) atoms. The quantitative estimate of drug-likeness (QED) is 0.463. The van der Waals surface area contributed by atoms with Gasteiger partial charge in [-0.2, -0.15) is 0 Å². The zero-order valence-electron chi connectivity index (χ0n) is 17.3. The Morgan fingerprint density at radius 3 is 2.48 bits per heavy atom. The molecule has 0 spiro atoms. The molecule has 0 aromatic carbocycles. The van der Waals surface area contributed by atoms with Crippen LogP contribution in [0.15, 0.2) is 18.3 Å². The number of carbonyl (C=O) groups excluding carboxylic acids is 2. The maximum absolute atomic E-state index is 12.9. The van der Waals surface area contributed by atoms with Crippen LogP contribution in [0.1, 0.15) is 38.8 Å². The Hall–Kier alpha value is -1.86. The van der Waals surface area contributed by atoms with Gasteiger partial charge in [0.1, 0.15) is 0 Å². The number of amides is 2. The minimum atomic E-state index is -0.0610. The van der Waals surface area contributed by atoms with Crippen LogP contribution in [-0.2, 0) is 32.7 Å². The second kappa shape index (κ2) is 13.3. The average molecular weight is 382 g/mol.